The van der Waals surface area contributed by atoms with Gasteiger partial charge in [-0.2, -0.15) is 0 Å². The monoisotopic (exact) mass is 244 g/mol. The van der Waals surface area contributed by atoms with E-state index in [4.69, 9.17) is 11.6 Å². The minimum atomic E-state index is 0.795. The van der Waals surface area contributed by atoms with Crippen LogP contribution >= 0.6 is 27.5 Å². The van der Waals surface area contributed by atoms with Gasteiger partial charge in [-0.15, -0.1) is 0 Å². The first kappa shape index (κ1) is 9.82. The van der Waals surface area contributed by atoms with Crippen molar-refractivity contribution in [2.45, 2.75) is 6.42 Å². The van der Waals surface area contributed by atoms with Crippen molar-refractivity contribution in [3.05, 3.63) is 47.0 Å². The molecule has 12 heavy (non-hydrogen) atoms. The van der Waals surface area contributed by atoms with Crippen LogP contribution in [0.2, 0.25) is 5.02 Å². The van der Waals surface area contributed by atoms with E-state index in [1.807, 2.05) is 24.3 Å². The molecule has 0 spiro atoms. The molecule has 0 atom stereocenters. The molecule has 2 heteroatoms. The lowest BCUT2D eigenvalue weighted by atomic mass is 10.1. The van der Waals surface area contributed by atoms with E-state index in [1.54, 1.807) is 0 Å². The molecule has 0 bridgehead atoms. The van der Waals surface area contributed by atoms with Gasteiger partial charge in [-0.25, -0.2) is 0 Å². The van der Waals surface area contributed by atoms with Gasteiger partial charge < -0.3 is 0 Å². The number of allylic oxidation sites excluding steroid dienone is 2. The van der Waals surface area contributed by atoms with E-state index in [2.05, 4.69) is 28.1 Å². The van der Waals surface area contributed by atoms with Crippen molar-refractivity contribution < 1.29 is 0 Å². The zero-order valence-electron chi connectivity index (χ0n) is 6.63. The first-order chi connectivity index (χ1) is 5.83. The molecule has 0 saturated carbocycles. The van der Waals surface area contributed by atoms with Gasteiger partial charge >= 0.3 is 0 Å². The molecule has 1 aromatic rings. The zero-order chi connectivity index (χ0) is 8.81. The Morgan fingerprint density at radius 1 is 1.17 bits per heavy atom. The fraction of sp³-hybridized carbons (Fsp3) is 0.200. The summed E-state index contributed by atoms with van der Waals surface area (Å²) in [5.74, 6) is 0. The molecule has 0 unspecified atom stereocenters. The third-order valence-electron chi connectivity index (χ3n) is 1.52. The summed E-state index contributed by atoms with van der Waals surface area (Å²) in [6.07, 6.45) is 5.20. The van der Waals surface area contributed by atoms with Crippen molar-refractivity contribution in [3.8, 4) is 0 Å². The van der Waals surface area contributed by atoms with Crippen LogP contribution in [-0.2, 0) is 6.42 Å². The molecule has 0 heterocycles. The van der Waals surface area contributed by atoms with Crippen LogP contribution in [0.1, 0.15) is 5.56 Å². The molecular formula is C10H10BrCl. The summed E-state index contributed by atoms with van der Waals surface area (Å²) in [5, 5.41) is 1.71. The average molecular weight is 246 g/mol. The zero-order valence-corrected chi connectivity index (χ0v) is 8.98. The van der Waals surface area contributed by atoms with Gasteiger partial charge in [0.2, 0.25) is 0 Å². The predicted molar refractivity (Wildman–Crippen MR) is 58.1 cm³/mol. The van der Waals surface area contributed by atoms with Crippen LogP contribution in [0.3, 0.4) is 0 Å². The summed E-state index contributed by atoms with van der Waals surface area (Å²) >= 11 is 9.07. The molecule has 0 fully saturated rings. The quantitative estimate of drug-likeness (QED) is 0.561. The molecular weight excluding hydrogens is 235 g/mol. The molecule has 0 aliphatic heterocycles. The Morgan fingerprint density at radius 3 is 2.42 bits per heavy atom. The summed E-state index contributed by atoms with van der Waals surface area (Å²) < 4.78 is 0. The lowest BCUT2D eigenvalue weighted by molar-refractivity contribution is 1.27. The van der Waals surface area contributed by atoms with Crippen LogP contribution in [0.15, 0.2) is 36.4 Å². The molecule has 0 saturated heterocycles. The molecule has 1 aromatic carbocycles. The second-order valence-electron chi connectivity index (χ2n) is 2.46. The van der Waals surface area contributed by atoms with Crippen molar-refractivity contribution in [2.75, 3.05) is 5.33 Å². The lowest BCUT2D eigenvalue weighted by Gasteiger charge is -1.95. The number of alkyl halides is 1. The maximum Gasteiger partial charge on any atom is 0.0406 e. The third-order valence-corrected chi connectivity index (χ3v) is 2.15. The van der Waals surface area contributed by atoms with Crippen LogP contribution in [0.25, 0.3) is 0 Å². The van der Waals surface area contributed by atoms with Gasteiger partial charge in [0.1, 0.15) is 0 Å². The van der Waals surface area contributed by atoms with Crippen molar-refractivity contribution in [1.82, 2.24) is 0 Å². The summed E-state index contributed by atoms with van der Waals surface area (Å²) in [6.45, 7) is 0. The van der Waals surface area contributed by atoms with Crippen LogP contribution < -0.4 is 0 Å². The first-order valence-corrected chi connectivity index (χ1v) is 5.28. The van der Waals surface area contributed by atoms with Gasteiger partial charge in [0, 0.05) is 10.4 Å². The molecule has 64 valence electrons. The van der Waals surface area contributed by atoms with Gasteiger partial charge in [0.05, 0.1) is 0 Å². The highest BCUT2D eigenvalue weighted by Crippen LogP contribution is 2.10. The van der Waals surface area contributed by atoms with E-state index >= 15 is 0 Å². The molecule has 0 aromatic heterocycles. The molecule has 0 radical (unpaired) electrons. The minimum Gasteiger partial charge on any atom is -0.0883 e. The van der Waals surface area contributed by atoms with Gasteiger partial charge in [0.15, 0.2) is 0 Å². The Balaban J connectivity index is 2.53. The average Bonchev–Trinajstić information content (AvgIpc) is 2.09. The van der Waals surface area contributed by atoms with Crippen molar-refractivity contribution in [1.29, 1.82) is 0 Å². The highest BCUT2D eigenvalue weighted by molar-refractivity contribution is 9.09. The maximum atomic E-state index is 5.75. The maximum absolute atomic E-state index is 5.75. The first-order valence-electron chi connectivity index (χ1n) is 3.78. The summed E-state index contributed by atoms with van der Waals surface area (Å²) in [7, 11) is 0. The van der Waals surface area contributed by atoms with Crippen molar-refractivity contribution in [2.24, 2.45) is 0 Å². The Kier molecular flexibility index (Phi) is 4.41. The Morgan fingerprint density at radius 2 is 1.83 bits per heavy atom. The van der Waals surface area contributed by atoms with Gasteiger partial charge in [-0.05, 0) is 24.1 Å². The SMILES string of the molecule is Clc1ccc(C/C=C/CBr)cc1. The molecule has 0 nitrogen and oxygen atoms in total. The van der Waals surface area contributed by atoms with Gasteiger partial charge in [-0.1, -0.05) is 51.8 Å². The van der Waals surface area contributed by atoms with Gasteiger partial charge in [-0.3, -0.25) is 0 Å². The molecule has 1 rings (SSSR count). The molecule has 0 amide bonds. The number of benzene rings is 1. The van der Waals surface area contributed by atoms with E-state index < -0.39 is 0 Å². The van der Waals surface area contributed by atoms with Crippen LogP contribution in [0.4, 0.5) is 0 Å². The fourth-order valence-electron chi connectivity index (χ4n) is 0.903. The number of rotatable bonds is 3. The minimum absolute atomic E-state index is 0.795. The van der Waals surface area contributed by atoms with E-state index in [9.17, 15) is 0 Å². The molecule has 0 N–H and O–H groups in total. The largest absolute Gasteiger partial charge is 0.0883 e. The van der Waals surface area contributed by atoms with E-state index in [0.717, 1.165) is 16.8 Å². The van der Waals surface area contributed by atoms with Crippen LogP contribution in [0, 0.1) is 0 Å². The molecule has 0 aliphatic rings. The summed E-state index contributed by atoms with van der Waals surface area (Å²) in [6, 6.07) is 7.92. The Bertz CT molecular complexity index is 251. The second kappa shape index (κ2) is 5.39. The second-order valence-corrected chi connectivity index (χ2v) is 3.54. The normalized spacial score (nSPS) is 10.8. The highest BCUT2D eigenvalue weighted by atomic mass is 79.9. The smallest absolute Gasteiger partial charge is 0.0406 e. The lowest BCUT2D eigenvalue weighted by Crippen LogP contribution is -1.79. The van der Waals surface area contributed by atoms with E-state index in [1.165, 1.54) is 5.56 Å². The Hall–Kier alpha value is -0.270. The standard InChI is InChI=1S/C10H10BrCl/c11-8-2-1-3-9-4-6-10(12)7-5-9/h1-2,4-7H,3,8H2/b2-1+. The molecule has 0 aliphatic carbocycles. The third kappa shape index (κ3) is 3.42. The topological polar surface area (TPSA) is 0 Å². The fourth-order valence-corrected chi connectivity index (χ4v) is 1.29. The van der Waals surface area contributed by atoms with Crippen molar-refractivity contribution >= 4 is 27.5 Å². The highest BCUT2D eigenvalue weighted by Gasteiger charge is 1.88. The Labute approximate surface area is 86.4 Å². The van der Waals surface area contributed by atoms with E-state index in [-0.39, 0.29) is 0 Å². The predicted octanol–water partition coefficient (Wildman–Crippen LogP) is 3.83. The number of hydrogen-bond acceptors (Lipinski definition) is 0. The number of hydrogen-bond donors (Lipinski definition) is 0. The summed E-state index contributed by atoms with van der Waals surface area (Å²) in [5.41, 5.74) is 1.29. The van der Waals surface area contributed by atoms with Crippen LogP contribution in [-0.4, -0.2) is 5.33 Å². The van der Waals surface area contributed by atoms with E-state index in [0.29, 0.717) is 0 Å². The van der Waals surface area contributed by atoms with Crippen molar-refractivity contribution in [3.63, 3.8) is 0 Å². The number of halogens is 2. The van der Waals surface area contributed by atoms with Gasteiger partial charge in [0.25, 0.3) is 0 Å². The summed E-state index contributed by atoms with van der Waals surface area (Å²) in [4.78, 5) is 0. The van der Waals surface area contributed by atoms with Crippen LogP contribution in [0.5, 0.6) is 0 Å².